The molecule has 0 radical (unpaired) electrons. The Hall–Kier alpha value is -1.62. The summed E-state index contributed by atoms with van der Waals surface area (Å²) in [5, 5.41) is 0. The van der Waals surface area contributed by atoms with Gasteiger partial charge in [-0.15, -0.1) is 0 Å². The van der Waals surface area contributed by atoms with Gasteiger partial charge in [-0.2, -0.15) is 0 Å². The number of halogens is 1. The number of para-hydroxylation sites is 1. The van der Waals surface area contributed by atoms with E-state index in [0.717, 1.165) is 0 Å². The van der Waals surface area contributed by atoms with Gasteiger partial charge in [0.1, 0.15) is 5.82 Å². The monoisotopic (exact) mass is 225 g/mol. The summed E-state index contributed by atoms with van der Waals surface area (Å²) in [4.78, 5) is 12.5. The molecule has 0 aliphatic carbocycles. The number of primary amides is 1. The number of amides is 1. The molecule has 0 bridgehead atoms. The Labute approximate surface area is 94.0 Å². The summed E-state index contributed by atoms with van der Waals surface area (Å²) in [5.41, 5.74) is 11.7. The molecule has 4 nitrogen and oxygen atoms in total. The van der Waals surface area contributed by atoms with Crippen molar-refractivity contribution in [3.8, 4) is 0 Å². The first-order valence-electron chi connectivity index (χ1n) is 5.10. The van der Waals surface area contributed by atoms with E-state index in [1.807, 2.05) is 6.92 Å². The van der Waals surface area contributed by atoms with Crippen molar-refractivity contribution in [2.45, 2.75) is 13.5 Å². The van der Waals surface area contributed by atoms with Crippen molar-refractivity contribution in [1.29, 1.82) is 0 Å². The average molecular weight is 225 g/mol. The molecule has 88 valence electrons. The van der Waals surface area contributed by atoms with E-state index < -0.39 is 5.91 Å². The van der Waals surface area contributed by atoms with E-state index in [1.165, 1.54) is 6.07 Å². The van der Waals surface area contributed by atoms with E-state index >= 15 is 0 Å². The fraction of sp³-hybridized carbons (Fsp3) is 0.364. The normalized spacial score (nSPS) is 10.2. The molecule has 0 fully saturated rings. The third kappa shape index (κ3) is 2.70. The second kappa shape index (κ2) is 5.46. The standard InChI is InChI=1S/C11H16FN3O/c1-2-15(7-10(14)16)11-8(6-13)4-3-5-9(11)12/h3-5H,2,6-7,13H2,1H3,(H2,14,16). The molecule has 0 saturated heterocycles. The predicted octanol–water partition coefficient (Wildman–Crippen LogP) is 0.596. The van der Waals surface area contributed by atoms with Gasteiger partial charge in [-0.25, -0.2) is 4.39 Å². The average Bonchev–Trinajstić information content (AvgIpc) is 2.25. The highest BCUT2D eigenvalue weighted by molar-refractivity contribution is 5.80. The Morgan fingerprint density at radius 3 is 2.69 bits per heavy atom. The summed E-state index contributed by atoms with van der Waals surface area (Å²) < 4.78 is 13.7. The fourth-order valence-electron chi connectivity index (χ4n) is 1.62. The minimum Gasteiger partial charge on any atom is -0.368 e. The number of nitrogens with zero attached hydrogens (tertiary/aromatic N) is 1. The first kappa shape index (κ1) is 12.4. The van der Waals surface area contributed by atoms with Crippen LogP contribution in [0, 0.1) is 5.82 Å². The third-order valence-corrected chi connectivity index (χ3v) is 2.33. The summed E-state index contributed by atoms with van der Waals surface area (Å²) in [7, 11) is 0. The highest BCUT2D eigenvalue weighted by atomic mass is 19.1. The van der Waals surface area contributed by atoms with Gasteiger partial charge in [0.25, 0.3) is 0 Å². The second-order valence-corrected chi connectivity index (χ2v) is 3.43. The van der Waals surface area contributed by atoms with Crippen LogP contribution in [0.4, 0.5) is 10.1 Å². The van der Waals surface area contributed by atoms with Crippen molar-refractivity contribution in [3.05, 3.63) is 29.6 Å². The number of likely N-dealkylation sites (N-methyl/N-ethyl adjacent to an activating group) is 1. The summed E-state index contributed by atoms with van der Waals surface area (Å²) in [6, 6.07) is 4.68. The van der Waals surface area contributed by atoms with Crippen LogP contribution in [0.3, 0.4) is 0 Å². The Balaban J connectivity index is 3.12. The van der Waals surface area contributed by atoms with Crippen molar-refractivity contribution < 1.29 is 9.18 Å². The van der Waals surface area contributed by atoms with Crippen LogP contribution in [0.25, 0.3) is 0 Å². The number of hydrogen-bond acceptors (Lipinski definition) is 3. The second-order valence-electron chi connectivity index (χ2n) is 3.43. The molecule has 0 aliphatic rings. The lowest BCUT2D eigenvalue weighted by Gasteiger charge is -2.24. The van der Waals surface area contributed by atoms with Crippen LogP contribution in [0.1, 0.15) is 12.5 Å². The number of rotatable bonds is 5. The predicted molar refractivity (Wildman–Crippen MR) is 61.4 cm³/mol. The highest BCUT2D eigenvalue weighted by Crippen LogP contribution is 2.23. The Morgan fingerprint density at radius 2 is 2.19 bits per heavy atom. The number of carbonyl (C=O) groups is 1. The van der Waals surface area contributed by atoms with Gasteiger partial charge in [0.05, 0.1) is 12.2 Å². The van der Waals surface area contributed by atoms with Gasteiger partial charge in [0.2, 0.25) is 5.91 Å². The summed E-state index contributed by atoms with van der Waals surface area (Å²) >= 11 is 0. The molecule has 1 rings (SSSR count). The van der Waals surface area contributed by atoms with Crippen LogP contribution in [0.2, 0.25) is 0 Å². The van der Waals surface area contributed by atoms with Gasteiger partial charge in [0, 0.05) is 13.1 Å². The zero-order chi connectivity index (χ0) is 12.1. The van der Waals surface area contributed by atoms with Crippen LogP contribution in [-0.2, 0) is 11.3 Å². The lowest BCUT2D eigenvalue weighted by molar-refractivity contribution is -0.116. The van der Waals surface area contributed by atoms with Crippen molar-refractivity contribution in [2.75, 3.05) is 18.0 Å². The van der Waals surface area contributed by atoms with Crippen molar-refractivity contribution in [3.63, 3.8) is 0 Å². The molecular weight excluding hydrogens is 209 g/mol. The SMILES string of the molecule is CCN(CC(N)=O)c1c(F)cccc1CN. The number of anilines is 1. The van der Waals surface area contributed by atoms with Crippen molar-refractivity contribution >= 4 is 11.6 Å². The zero-order valence-electron chi connectivity index (χ0n) is 9.24. The lowest BCUT2D eigenvalue weighted by Crippen LogP contribution is -2.35. The molecule has 4 N–H and O–H groups in total. The van der Waals surface area contributed by atoms with E-state index in [-0.39, 0.29) is 18.9 Å². The molecular formula is C11H16FN3O. The Kier molecular flexibility index (Phi) is 4.25. The zero-order valence-corrected chi connectivity index (χ0v) is 9.24. The molecule has 0 unspecified atom stereocenters. The van der Waals surface area contributed by atoms with Gasteiger partial charge in [-0.1, -0.05) is 12.1 Å². The van der Waals surface area contributed by atoms with Crippen LogP contribution in [0.15, 0.2) is 18.2 Å². The van der Waals surface area contributed by atoms with Crippen molar-refractivity contribution in [1.82, 2.24) is 0 Å². The number of carbonyl (C=O) groups excluding carboxylic acids is 1. The minimum absolute atomic E-state index is 0.00949. The van der Waals surface area contributed by atoms with E-state index in [4.69, 9.17) is 11.5 Å². The highest BCUT2D eigenvalue weighted by Gasteiger charge is 2.15. The van der Waals surface area contributed by atoms with Crippen LogP contribution in [-0.4, -0.2) is 19.0 Å². The van der Waals surface area contributed by atoms with Gasteiger partial charge < -0.3 is 16.4 Å². The maximum Gasteiger partial charge on any atom is 0.236 e. The molecule has 1 aromatic carbocycles. The molecule has 0 spiro atoms. The van der Waals surface area contributed by atoms with E-state index in [0.29, 0.717) is 17.8 Å². The quantitative estimate of drug-likeness (QED) is 0.770. The Morgan fingerprint density at radius 1 is 1.50 bits per heavy atom. The van der Waals surface area contributed by atoms with E-state index in [2.05, 4.69) is 0 Å². The molecule has 0 heterocycles. The molecule has 1 aromatic rings. The number of benzene rings is 1. The van der Waals surface area contributed by atoms with E-state index in [1.54, 1.807) is 17.0 Å². The van der Waals surface area contributed by atoms with Gasteiger partial charge in [-0.05, 0) is 18.6 Å². The summed E-state index contributed by atoms with van der Waals surface area (Å²) in [5.74, 6) is -0.876. The third-order valence-electron chi connectivity index (χ3n) is 2.33. The fourth-order valence-corrected chi connectivity index (χ4v) is 1.62. The first-order chi connectivity index (χ1) is 7.60. The molecule has 0 saturated carbocycles. The molecule has 0 aromatic heterocycles. The molecule has 5 heteroatoms. The van der Waals surface area contributed by atoms with Crippen molar-refractivity contribution in [2.24, 2.45) is 11.5 Å². The molecule has 0 aliphatic heterocycles. The largest absolute Gasteiger partial charge is 0.368 e. The van der Waals surface area contributed by atoms with Gasteiger partial charge >= 0.3 is 0 Å². The maximum atomic E-state index is 13.7. The van der Waals surface area contributed by atoms with E-state index in [9.17, 15) is 9.18 Å². The smallest absolute Gasteiger partial charge is 0.236 e. The summed E-state index contributed by atoms with van der Waals surface area (Å²) in [6.45, 7) is 2.54. The van der Waals surface area contributed by atoms with Crippen LogP contribution in [0.5, 0.6) is 0 Å². The van der Waals surface area contributed by atoms with Gasteiger partial charge in [-0.3, -0.25) is 4.79 Å². The van der Waals surface area contributed by atoms with Crippen LogP contribution >= 0.6 is 0 Å². The number of nitrogens with two attached hydrogens (primary N) is 2. The number of hydrogen-bond donors (Lipinski definition) is 2. The summed E-state index contributed by atoms with van der Waals surface area (Å²) in [6.07, 6.45) is 0. The first-order valence-corrected chi connectivity index (χ1v) is 5.10. The Bertz CT molecular complexity index is 381. The van der Waals surface area contributed by atoms with Gasteiger partial charge in [0.15, 0.2) is 0 Å². The lowest BCUT2D eigenvalue weighted by atomic mass is 10.1. The maximum absolute atomic E-state index is 13.7. The molecule has 16 heavy (non-hydrogen) atoms. The minimum atomic E-state index is -0.493. The van der Waals surface area contributed by atoms with Crippen LogP contribution < -0.4 is 16.4 Å². The topological polar surface area (TPSA) is 72.3 Å². The molecule has 0 atom stereocenters. The molecule has 1 amide bonds.